The number of hydrogen-bond donors (Lipinski definition) is 0. The van der Waals surface area contributed by atoms with Gasteiger partial charge in [0.15, 0.2) is 5.67 Å². The molecule has 3 fully saturated rings. The minimum Gasteiger partial charge on any atom is -0.383 e. The van der Waals surface area contributed by atoms with Gasteiger partial charge in [-0.05, 0) is 38.5 Å². The third-order valence-electron chi connectivity index (χ3n) is 5.47. The van der Waals surface area contributed by atoms with Gasteiger partial charge < -0.3 is 14.5 Å². The van der Waals surface area contributed by atoms with Gasteiger partial charge >= 0.3 is 0 Å². The topological polar surface area (TPSA) is 49.9 Å². The number of ether oxygens (including phenoxy) is 1. The van der Waals surface area contributed by atoms with Crippen LogP contribution in [0.25, 0.3) is 0 Å². The molecule has 1 spiro atoms. The average Bonchev–Trinajstić information content (AvgIpc) is 3.23. The minimum absolute atomic E-state index is 0.195. The fraction of sp³-hybridized carbons (Fsp3) is 0.875. The van der Waals surface area contributed by atoms with Crippen LogP contribution < -0.4 is 0 Å². The molecule has 22 heavy (non-hydrogen) atoms. The number of methoxy groups -OCH3 is 1. The molecular formula is C16H25FN2O3. The normalized spacial score (nSPS) is 30.7. The van der Waals surface area contributed by atoms with Crippen molar-refractivity contribution in [1.29, 1.82) is 0 Å². The Labute approximate surface area is 130 Å². The van der Waals surface area contributed by atoms with Gasteiger partial charge in [-0.25, -0.2) is 4.39 Å². The van der Waals surface area contributed by atoms with Gasteiger partial charge in [0.1, 0.15) is 0 Å². The first-order valence-corrected chi connectivity index (χ1v) is 8.27. The molecule has 0 N–H and O–H groups in total. The molecule has 0 aromatic heterocycles. The number of hydrogen-bond acceptors (Lipinski definition) is 3. The highest BCUT2D eigenvalue weighted by Gasteiger charge is 2.54. The molecule has 1 atom stereocenters. The lowest BCUT2D eigenvalue weighted by atomic mass is 9.79. The van der Waals surface area contributed by atoms with Gasteiger partial charge in [-0.15, -0.1) is 0 Å². The first-order chi connectivity index (χ1) is 10.5. The molecule has 3 aliphatic rings. The lowest BCUT2D eigenvalue weighted by Gasteiger charge is -2.27. The van der Waals surface area contributed by atoms with Crippen LogP contribution in [-0.4, -0.2) is 67.2 Å². The second kappa shape index (κ2) is 5.80. The second-order valence-electron chi connectivity index (χ2n) is 6.93. The van der Waals surface area contributed by atoms with Gasteiger partial charge in [0.2, 0.25) is 5.91 Å². The molecule has 6 heteroatoms. The van der Waals surface area contributed by atoms with Gasteiger partial charge in [0, 0.05) is 33.3 Å². The number of carbonyl (C=O) groups is 2. The van der Waals surface area contributed by atoms with E-state index in [2.05, 4.69) is 0 Å². The van der Waals surface area contributed by atoms with Gasteiger partial charge in [-0.3, -0.25) is 9.59 Å². The molecule has 0 aromatic rings. The molecule has 2 amide bonds. The van der Waals surface area contributed by atoms with Crippen LogP contribution in [0, 0.1) is 5.41 Å². The fourth-order valence-corrected chi connectivity index (χ4v) is 3.78. The molecule has 0 radical (unpaired) electrons. The summed E-state index contributed by atoms with van der Waals surface area (Å²) in [6, 6.07) is 0. The monoisotopic (exact) mass is 312 g/mol. The molecule has 1 aliphatic carbocycles. The molecule has 124 valence electrons. The summed E-state index contributed by atoms with van der Waals surface area (Å²) in [6.45, 7) is 3.04. The summed E-state index contributed by atoms with van der Waals surface area (Å²) in [6.07, 6.45) is 3.81. The van der Waals surface area contributed by atoms with Crippen LogP contribution in [0.4, 0.5) is 4.39 Å². The van der Waals surface area contributed by atoms with E-state index in [0.29, 0.717) is 45.5 Å². The number of nitrogens with zero attached hydrogens (tertiary/aromatic N) is 2. The Morgan fingerprint density at radius 1 is 1.18 bits per heavy atom. The van der Waals surface area contributed by atoms with E-state index >= 15 is 0 Å². The Morgan fingerprint density at radius 3 is 2.59 bits per heavy atom. The highest BCUT2D eigenvalue weighted by Crippen LogP contribution is 2.44. The number of rotatable bonds is 4. The summed E-state index contributed by atoms with van der Waals surface area (Å²) < 4.78 is 19.0. The summed E-state index contributed by atoms with van der Waals surface area (Å²) in [5.41, 5.74) is -1.93. The number of likely N-dealkylation sites (tertiary alicyclic amines) is 2. The predicted octanol–water partition coefficient (Wildman–Crippen LogP) is 1.37. The number of amides is 2. The predicted molar refractivity (Wildman–Crippen MR) is 79.0 cm³/mol. The minimum atomic E-state index is -1.60. The maximum atomic E-state index is 14.0. The number of halogens is 1. The quantitative estimate of drug-likeness (QED) is 0.788. The SMILES string of the molecule is COCCN1CCC2(CCCN(C(=O)C3(F)CC3)CC2)C1=O. The van der Waals surface area contributed by atoms with E-state index in [0.717, 1.165) is 25.8 Å². The molecule has 3 rings (SSSR count). The van der Waals surface area contributed by atoms with Crippen molar-refractivity contribution >= 4 is 11.8 Å². The molecule has 2 saturated heterocycles. The van der Waals surface area contributed by atoms with E-state index in [-0.39, 0.29) is 17.2 Å². The number of alkyl halides is 1. The van der Waals surface area contributed by atoms with E-state index < -0.39 is 5.67 Å². The molecule has 1 saturated carbocycles. The Bertz CT molecular complexity index is 466. The third kappa shape index (κ3) is 2.73. The van der Waals surface area contributed by atoms with Crippen LogP contribution in [0.15, 0.2) is 0 Å². The first kappa shape index (κ1) is 15.7. The summed E-state index contributed by atoms with van der Waals surface area (Å²) in [7, 11) is 1.64. The van der Waals surface area contributed by atoms with Crippen LogP contribution in [0.2, 0.25) is 0 Å². The molecular weight excluding hydrogens is 287 g/mol. The summed E-state index contributed by atoms with van der Waals surface area (Å²) in [5.74, 6) is -0.161. The summed E-state index contributed by atoms with van der Waals surface area (Å²) >= 11 is 0. The standard InChI is InChI=1S/C16H25FN2O3/c1-22-12-11-19-10-7-15(13(19)20)3-2-8-18(9-6-15)14(21)16(17)4-5-16/h2-12H2,1H3. The van der Waals surface area contributed by atoms with Gasteiger partial charge in [0.25, 0.3) is 5.91 Å². The van der Waals surface area contributed by atoms with Crippen molar-refractivity contribution in [2.24, 2.45) is 5.41 Å². The summed E-state index contributed by atoms with van der Waals surface area (Å²) in [5, 5.41) is 0. The van der Waals surface area contributed by atoms with Crippen molar-refractivity contribution in [2.45, 2.75) is 44.2 Å². The maximum Gasteiger partial charge on any atom is 0.260 e. The maximum absolute atomic E-state index is 14.0. The lowest BCUT2D eigenvalue weighted by molar-refractivity contribution is -0.140. The van der Waals surface area contributed by atoms with E-state index in [4.69, 9.17) is 4.74 Å². The zero-order valence-corrected chi connectivity index (χ0v) is 13.3. The molecule has 1 unspecified atom stereocenters. The van der Waals surface area contributed by atoms with Gasteiger partial charge in [-0.1, -0.05) is 0 Å². The second-order valence-corrected chi connectivity index (χ2v) is 6.93. The average molecular weight is 312 g/mol. The molecule has 0 aromatic carbocycles. The van der Waals surface area contributed by atoms with Crippen LogP contribution in [0.3, 0.4) is 0 Å². The van der Waals surface area contributed by atoms with Crippen LogP contribution >= 0.6 is 0 Å². The highest BCUT2D eigenvalue weighted by atomic mass is 19.1. The highest BCUT2D eigenvalue weighted by molar-refractivity contribution is 5.88. The smallest absolute Gasteiger partial charge is 0.260 e. The van der Waals surface area contributed by atoms with Crippen molar-refractivity contribution in [3.05, 3.63) is 0 Å². The van der Waals surface area contributed by atoms with Crippen molar-refractivity contribution in [3.8, 4) is 0 Å². The van der Waals surface area contributed by atoms with Crippen molar-refractivity contribution < 1.29 is 18.7 Å². The Hall–Kier alpha value is -1.17. The van der Waals surface area contributed by atoms with E-state index in [1.54, 1.807) is 12.0 Å². The fourth-order valence-electron chi connectivity index (χ4n) is 3.78. The molecule has 0 bridgehead atoms. The first-order valence-electron chi connectivity index (χ1n) is 8.27. The number of carbonyl (C=O) groups excluding carboxylic acids is 2. The van der Waals surface area contributed by atoms with Crippen LogP contribution in [-0.2, 0) is 14.3 Å². The molecule has 2 heterocycles. The Morgan fingerprint density at radius 2 is 1.91 bits per heavy atom. The van der Waals surface area contributed by atoms with Crippen molar-refractivity contribution in [2.75, 3.05) is 39.9 Å². The summed E-state index contributed by atoms with van der Waals surface area (Å²) in [4.78, 5) is 28.4. The molecule has 2 aliphatic heterocycles. The zero-order chi connectivity index (χ0) is 15.8. The molecule has 5 nitrogen and oxygen atoms in total. The van der Waals surface area contributed by atoms with E-state index in [1.807, 2.05) is 4.90 Å². The zero-order valence-electron chi connectivity index (χ0n) is 13.3. The van der Waals surface area contributed by atoms with Crippen LogP contribution in [0.1, 0.15) is 38.5 Å². The Kier molecular flexibility index (Phi) is 4.14. The van der Waals surface area contributed by atoms with Crippen LogP contribution in [0.5, 0.6) is 0 Å². The van der Waals surface area contributed by atoms with Gasteiger partial charge in [0.05, 0.1) is 12.0 Å². The van der Waals surface area contributed by atoms with Gasteiger partial charge in [-0.2, -0.15) is 0 Å². The Balaban J connectivity index is 1.62. The van der Waals surface area contributed by atoms with E-state index in [1.165, 1.54) is 0 Å². The van der Waals surface area contributed by atoms with Crippen molar-refractivity contribution in [1.82, 2.24) is 9.80 Å². The van der Waals surface area contributed by atoms with Crippen molar-refractivity contribution in [3.63, 3.8) is 0 Å². The third-order valence-corrected chi connectivity index (χ3v) is 5.47. The lowest BCUT2D eigenvalue weighted by Crippen LogP contribution is -2.40. The largest absolute Gasteiger partial charge is 0.383 e. The van der Waals surface area contributed by atoms with E-state index in [9.17, 15) is 14.0 Å².